The molecule has 6 heteroatoms. The molecule has 0 aliphatic carbocycles. The molecular formula is C17H12ClN3O2. The van der Waals surface area contributed by atoms with Crippen LogP contribution in [0.15, 0.2) is 53.5 Å². The predicted octanol–water partition coefficient (Wildman–Crippen LogP) is 3.53. The van der Waals surface area contributed by atoms with Crippen molar-refractivity contribution >= 4 is 33.4 Å². The molecule has 0 saturated heterocycles. The molecule has 114 valence electrons. The number of aromatic amines is 1. The molecule has 0 aliphatic rings. The van der Waals surface area contributed by atoms with E-state index in [1.807, 2.05) is 36.5 Å². The van der Waals surface area contributed by atoms with E-state index in [1.54, 1.807) is 23.9 Å². The lowest BCUT2D eigenvalue weighted by molar-refractivity contribution is 0.414. The minimum absolute atomic E-state index is 0.220. The molecule has 0 radical (unpaired) electrons. The lowest BCUT2D eigenvalue weighted by atomic mass is 10.1. The van der Waals surface area contributed by atoms with Gasteiger partial charge < -0.3 is 9.72 Å². The summed E-state index contributed by atoms with van der Waals surface area (Å²) in [5.74, 6) is 0.764. The number of halogens is 1. The number of H-pyrrole nitrogens is 1. The van der Waals surface area contributed by atoms with Crippen LogP contribution in [-0.2, 0) is 0 Å². The molecule has 2 aromatic heterocycles. The topological polar surface area (TPSA) is 59.9 Å². The summed E-state index contributed by atoms with van der Waals surface area (Å²) in [7, 11) is 1.62. The highest BCUT2D eigenvalue weighted by Crippen LogP contribution is 2.25. The van der Waals surface area contributed by atoms with Crippen molar-refractivity contribution in [2.24, 2.45) is 0 Å². The number of aromatic nitrogens is 3. The van der Waals surface area contributed by atoms with Crippen molar-refractivity contribution in [2.75, 3.05) is 7.11 Å². The number of nitrogens with one attached hydrogen (secondary N) is 1. The van der Waals surface area contributed by atoms with E-state index >= 15 is 0 Å². The minimum Gasteiger partial charge on any atom is -0.497 e. The Kier molecular flexibility index (Phi) is 3.09. The van der Waals surface area contributed by atoms with Gasteiger partial charge in [0.05, 0.1) is 12.8 Å². The molecule has 1 N–H and O–H groups in total. The van der Waals surface area contributed by atoms with Crippen LogP contribution in [0.25, 0.3) is 27.5 Å². The van der Waals surface area contributed by atoms with Gasteiger partial charge in [0.2, 0.25) is 0 Å². The quantitative estimate of drug-likeness (QED) is 0.613. The van der Waals surface area contributed by atoms with Gasteiger partial charge in [-0.25, -0.2) is 4.68 Å². The minimum atomic E-state index is -0.220. The zero-order chi connectivity index (χ0) is 16.0. The molecule has 4 rings (SSSR count). The largest absolute Gasteiger partial charge is 0.497 e. The summed E-state index contributed by atoms with van der Waals surface area (Å²) in [6, 6.07) is 12.8. The second-order valence-corrected chi connectivity index (χ2v) is 5.61. The zero-order valence-electron chi connectivity index (χ0n) is 12.2. The summed E-state index contributed by atoms with van der Waals surface area (Å²) >= 11 is 6.08. The van der Waals surface area contributed by atoms with Gasteiger partial charge in [0.25, 0.3) is 5.56 Å². The summed E-state index contributed by atoms with van der Waals surface area (Å²) in [4.78, 5) is 15.1. The number of pyridine rings is 1. The first-order chi connectivity index (χ1) is 11.2. The van der Waals surface area contributed by atoms with E-state index in [9.17, 15) is 4.79 Å². The summed E-state index contributed by atoms with van der Waals surface area (Å²) in [6.07, 6.45) is 1.84. The highest BCUT2D eigenvalue weighted by Gasteiger charge is 2.11. The third kappa shape index (κ3) is 2.26. The van der Waals surface area contributed by atoms with Crippen molar-refractivity contribution in [3.05, 3.63) is 64.0 Å². The molecule has 0 unspecified atom stereocenters. The van der Waals surface area contributed by atoms with Gasteiger partial charge in [-0.05, 0) is 42.5 Å². The van der Waals surface area contributed by atoms with Crippen molar-refractivity contribution in [1.29, 1.82) is 0 Å². The number of hydrogen-bond donors (Lipinski definition) is 1. The first-order valence-corrected chi connectivity index (χ1v) is 7.39. The van der Waals surface area contributed by atoms with E-state index in [0.717, 1.165) is 27.7 Å². The fourth-order valence-electron chi connectivity index (χ4n) is 2.64. The maximum Gasteiger partial charge on any atom is 0.276 e. The standard InChI is InChI=1S/C17H12ClN3O2/c1-23-12-5-3-11(4-6-12)21-9-14-13-8-10(18)2-7-15(13)19-17(22)16(14)20-21/h2-9H,1H3,(H,19,22). The van der Waals surface area contributed by atoms with Crippen molar-refractivity contribution in [2.45, 2.75) is 0 Å². The van der Waals surface area contributed by atoms with Crippen molar-refractivity contribution in [3.63, 3.8) is 0 Å². The number of methoxy groups -OCH3 is 1. The fourth-order valence-corrected chi connectivity index (χ4v) is 2.81. The van der Waals surface area contributed by atoms with Crippen molar-refractivity contribution in [3.8, 4) is 11.4 Å². The molecule has 2 heterocycles. The van der Waals surface area contributed by atoms with Crippen LogP contribution < -0.4 is 10.3 Å². The lowest BCUT2D eigenvalue weighted by Crippen LogP contribution is -2.06. The Morgan fingerprint density at radius 2 is 1.91 bits per heavy atom. The molecule has 0 amide bonds. The smallest absolute Gasteiger partial charge is 0.276 e. The Morgan fingerprint density at radius 3 is 2.65 bits per heavy atom. The van der Waals surface area contributed by atoms with Gasteiger partial charge in [0.1, 0.15) is 5.75 Å². The van der Waals surface area contributed by atoms with Gasteiger partial charge in [-0.3, -0.25) is 4.79 Å². The molecular weight excluding hydrogens is 314 g/mol. The maximum atomic E-state index is 12.2. The van der Waals surface area contributed by atoms with Crippen LogP contribution in [0.4, 0.5) is 0 Å². The van der Waals surface area contributed by atoms with Crippen molar-refractivity contribution < 1.29 is 4.74 Å². The van der Waals surface area contributed by atoms with E-state index < -0.39 is 0 Å². The number of ether oxygens (including phenoxy) is 1. The predicted molar refractivity (Wildman–Crippen MR) is 90.8 cm³/mol. The van der Waals surface area contributed by atoms with Gasteiger partial charge in [-0.2, -0.15) is 5.10 Å². The van der Waals surface area contributed by atoms with Crippen LogP contribution in [-0.4, -0.2) is 21.9 Å². The Bertz CT molecular complexity index is 1080. The Morgan fingerprint density at radius 1 is 1.13 bits per heavy atom. The third-order valence-electron chi connectivity index (χ3n) is 3.79. The SMILES string of the molecule is COc1ccc(-n2cc3c(n2)c(=O)[nH]c2ccc(Cl)cc23)cc1. The van der Waals surface area contributed by atoms with Crippen LogP contribution >= 0.6 is 11.6 Å². The molecule has 2 aromatic carbocycles. The van der Waals surface area contributed by atoms with E-state index in [0.29, 0.717) is 10.5 Å². The highest BCUT2D eigenvalue weighted by molar-refractivity contribution is 6.31. The summed E-state index contributed by atoms with van der Waals surface area (Å²) < 4.78 is 6.83. The fraction of sp³-hybridized carbons (Fsp3) is 0.0588. The second-order valence-electron chi connectivity index (χ2n) is 5.18. The monoisotopic (exact) mass is 325 g/mol. The van der Waals surface area contributed by atoms with Gasteiger partial charge in [0, 0.05) is 27.5 Å². The Balaban J connectivity index is 1.99. The summed E-state index contributed by atoms with van der Waals surface area (Å²) in [5.41, 5.74) is 1.75. The average Bonchev–Trinajstić information content (AvgIpc) is 3.02. The van der Waals surface area contributed by atoms with E-state index in [4.69, 9.17) is 16.3 Å². The number of benzene rings is 2. The Labute approximate surface area is 136 Å². The van der Waals surface area contributed by atoms with Gasteiger partial charge in [0.15, 0.2) is 5.52 Å². The third-order valence-corrected chi connectivity index (χ3v) is 4.02. The van der Waals surface area contributed by atoms with Crippen LogP contribution in [0, 0.1) is 0 Å². The number of fused-ring (bicyclic) bond motifs is 3. The molecule has 0 aliphatic heterocycles. The molecule has 5 nitrogen and oxygen atoms in total. The first-order valence-electron chi connectivity index (χ1n) is 7.01. The highest BCUT2D eigenvalue weighted by atomic mass is 35.5. The number of rotatable bonds is 2. The Hall–Kier alpha value is -2.79. The molecule has 0 saturated carbocycles. The van der Waals surface area contributed by atoms with Crippen molar-refractivity contribution in [1.82, 2.24) is 14.8 Å². The lowest BCUT2D eigenvalue weighted by Gasteiger charge is -2.02. The zero-order valence-corrected chi connectivity index (χ0v) is 13.0. The molecule has 0 spiro atoms. The van der Waals surface area contributed by atoms with Crippen LogP contribution in [0.3, 0.4) is 0 Å². The second kappa shape index (κ2) is 5.14. The molecule has 4 aromatic rings. The van der Waals surface area contributed by atoms with Crippen LogP contribution in [0.5, 0.6) is 5.75 Å². The van der Waals surface area contributed by atoms with E-state index in [2.05, 4.69) is 10.1 Å². The van der Waals surface area contributed by atoms with Gasteiger partial charge in [-0.15, -0.1) is 0 Å². The molecule has 0 fully saturated rings. The summed E-state index contributed by atoms with van der Waals surface area (Å²) in [5, 5.41) is 6.65. The molecule has 0 atom stereocenters. The van der Waals surface area contributed by atoms with Crippen LogP contribution in [0.1, 0.15) is 0 Å². The molecule has 0 bridgehead atoms. The van der Waals surface area contributed by atoms with Gasteiger partial charge >= 0.3 is 0 Å². The number of hydrogen-bond acceptors (Lipinski definition) is 3. The average molecular weight is 326 g/mol. The number of nitrogens with zero attached hydrogens (tertiary/aromatic N) is 2. The van der Waals surface area contributed by atoms with E-state index in [1.165, 1.54) is 0 Å². The van der Waals surface area contributed by atoms with Crippen LogP contribution in [0.2, 0.25) is 5.02 Å². The maximum absolute atomic E-state index is 12.2. The normalized spacial score (nSPS) is 11.2. The van der Waals surface area contributed by atoms with E-state index in [-0.39, 0.29) is 5.56 Å². The first kappa shape index (κ1) is 13.8. The summed E-state index contributed by atoms with van der Waals surface area (Å²) in [6.45, 7) is 0. The molecule has 23 heavy (non-hydrogen) atoms. The van der Waals surface area contributed by atoms with Gasteiger partial charge in [-0.1, -0.05) is 11.6 Å².